The van der Waals surface area contributed by atoms with E-state index in [1.54, 1.807) is 0 Å². The van der Waals surface area contributed by atoms with E-state index >= 15 is 0 Å². The molecular formula is C10H15N3O. The van der Waals surface area contributed by atoms with Crippen molar-refractivity contribution in [3.63, 3.8) is 0 Å². The molecule has 0 aromatic carbocycles. The van der Waals surface area contributed by atoms with Crippen molar-refractivity contribution in [2.24, 2.45) is 5.73 Å². The Kier molecular flexibility index (Phi) is 1.68. The van der Waals surface area contributed by atoms with Crippen LogP contribution in [0.15, 0.2) is 4.52 Å². The second-order valence-corrected chi connectivity index (χ2v) is 4.57. The van der Waals surface area contributed by atoms with E-state index in [4.69, 9.17) is 10.3 Å². The molecule has 3 rings (SSSR count). The fraction of sp³-hybridized carbons (Fsp3) is 0.800. The van der Waals surface area contributed by atoms with Crippen LogP contribution in [0.2, 0.25) is 0 Å². The molecule has 1 aromatic rings. The van der Waals surface area contributed by atoms with Crippen LogP contribution in [0.1, 0.15) is 49.7 Å². The van der Waals surface area contributed by atoms with Gasteiger partial charge in [-0.3, -0.25) is 0 Å². The maximum Gasteiger partial charge on any atom is 0.234 e. The van der Waals surface area contributed by atoms with E-state index in [1.807, 2.05) is 0 Å². The zero-order chi connectivity index (χ0) is 9.60. The van der Waals surface area contributed by atoms with Gasteiger partial charge in [0.2, 0.25) is 5.89 Å². The predicted octanol–water partition coefficient (Wildman–Crippen LogP) is 1.33. The van der Waals surface area contributed by atoms with E-state index in [9.17, 15) is 0 Å². The van der Waals surface area contributed by atoms with Crippen molar-refractivity contribution in [2.75, 3.05) is 6.54 Å². The van der Waals surface area contributed by atoms with E-state index < -0.39 is 0 Å². The van der Waals surface area contributed by atoms with Crippen LogP contribution in [0.4, 0.5) is 0 Å². The molecule has 4 heteroatoms. The third-order valence-electron chi connectivity index (χ3n) is 3.54. The van der Waals surface area contributed by atoms with Gasteiger partial charge in [0.05, 0.1) is 5.41 Å². The largest absolute Gasteiger partial charge is 0.339 e. The number of hydrogen-bond donors (Lipinski definition) is 1. The first-order valence-electron chi connectivity index (χ1n) is 5.38. The molecule has 0 amide bonds. The van der Waals surface area contributed by atoms with Gasteiger partial charge in [-0.2, -0.15) is 4.98 Å². The molecular weight excluding hydrogens is 178 g/mol. The highest BCUT2D eigenvalue weighted by atomic mass is 16.5. The van der Waals surface area contributed by atoms with Crippen LogP contribution >= 0.6 is 0 Å². The molecule has 2 N–H and O–H groups in total. The zero-order valence-corrected chi connectivity index (χ0v) is 8.20. The summed E-state index contributed by atoms with van der Waals surface area (Å²) in [5.74, 6) is 2.26. The van der Waals surface area contributed by atoms with Gasteiger partial charge in [0.15, 0.2) is 5.82 Å². The molecule has 0 bridgehead atoms. The van der Waals surface area contributed by atoms with Crippen molar-refractivity contribution in [3.8, 4) is 0 Å². The van der Waals surface area contributed by atoms with E-state index in [2.05, 4.69) is 10.1 Å². The normalized spacial score (nSPS) is 24.6. The van der Waals surface area contributed by atoms with Crippen LogP contribution in [0, 0.1) is 0 Å². The smallest absolute Gasteiger partial charge is 0.234 e. The first kappa shape index (κ1) is 8.41. The van der Waals surface area contributed by atoms with Gasteiger partial charge in [0.1, 0.15) is 0 Å². The fourth-order valence-electron chi connectivity index (χ4n) is 2.07. The van der Waals surface area contributed by atoms with Gasteiger partial charge in [-0.05, 0) is 25.7 Å². The van der Waals surface area contributed by atoms with Gasteiger partial charge in [0, 0.05) is 12.5 Å². The average molecular weight is 193 g/mol. The van der Waals surface area contributed by atoms with Gasteiger partial charge in [-0.1, -0.05) is 11.6 Å². The fourth-order valence-corrected chi connectivity index (χ4v) is 2.07. The lowest BCUT2D eigenvalue weighted by molar-refractivity contribution is 0.181. The molecule has 0 radical (unpaired) electrons. The van der Waals surface area contributed by atoms with Gasteiger partial charge in [-0.15, -0.1) is 0 Å². The van der Waals surface area contributed by atoms with Crippen LogP contribution in [0.25, 0.3) is 0 Å². The molecule has 2 aliphatic rings. The molecule has 2 fully saturated rings. The van der Waals surface area contributed by atoms with Crippen molar-refractivity contribution in [1.29, 1.82) is 0 Å². The SMILES string of the molecule is NCC1(c2nc(C3CC3)no2)CCC1. The maximum atomic E-state index is 5.77. The summed E-state index contributed by atoms with van der Waals surface area (Å²) in [6.45, 7) is 0.638. The lowest BCUT2D eigenvalue weighted by atomic mass is 9.69. The van der Waals surface area contributed by atoms with Crippen molar-refractivity contribution >= 4 is 0 Å². The summed E-state index contributed by atoms with van der Waals surface area (Å²) in [4.78, 5) is 4.48. The predicted molar refractivity (Wildman–Crippen MR) is 50.9 cm³/mol. The summed E-state index contributed by atoms with van der Waals surface area (Å²) in [7, 11) is 0. The Balaban J connectivity index is 1.87. The Hall–Kier alpha value is -0.900. The first-order chi connectivity index (χ1) is 6.84. The summed E-state index contributed by atoms with van der Waals surface area (Å²) in [5, 5.41) is 4.03. The van der Waals surface area contributed by atoms with E-state index in [-0.39, 0.29) is 5.41 Å². The second-order valence-electron chi connectivity index (χ2n) is 4.57. The first-order valence-corrected chi connectivity index (χ1v) is 5.38. The molecule has 0 saturated heterocycles. The lowest BCUT2D eigenvalue weighted by Gasteiger charge is -2.36. The number of nitrogens with zero attached hydrogens (tertiary/aromatic N) is 2. The number of rotatable bonds is 3. The Bertz CT molecular complexity index is 333. The molecule has 0 unspecified atom stereocenters. The minimum atomic E-state index is 0.0279. The average Bonchev–Trinajstić information content (AvgIpc) is 2.86. The highest BCUT2D eigenvalue weighted by Gasteiger charge is 2.43. The molecule has 2 saturated carbocycles. The Morgan fingerprint density at radius 1 is 1.43 bits per heavy atom. The van der Waals surface area contributed by atoms with E-state index in [1.165, 1.54) is 19.3 Å². The van der Waals surface area contributed by atoms with Gasteiger partial charge >= 0.3 is 0 Å². The summed E-state index contributed by atoms with van der Waals surface area (Å²) in [5.41, 5.74) is 5.80. The monoisotopic (exact) mass is 193 g/mol. The molecule has 76 valence electrons. The van der Waals surface area contributed by atoms with Crippen molar-refractivity contribution < 1.29 is 4.52 Å². The number of aromatic nitrogens is 2. The van der Waals surface area contributed by atoms with Crippen molar-refractivity contribution in [3.05, 3.63) is 11.7 Å². The van der Waals surface area contributed by atoms with Gasteiger partial charge < -0.3 is 10.3 Å². The maximum absolute atomic E-state index is 5.77. The highest BCUT2D eigenvalue weighted by molar-refractivity contribution is 5.13. The third-order valence-corrected chi connectivity index (χ3v) is 3.54. The lowest BCUT2D eigenvalue weighted by Crippen LogP contribution is -2.41. The Labute approximate surface area is 82.9 Å². The van der Waals surface area contributed by atoms with Gasteiger partial charge in [-0.25, -0.2) is 0 Å². The quantitative estimate of drug-likeness (QED) is 0.786. The number of nitrogens with two attached hydrogens (primary N) is 1. The summed E-state index contributed by atoms with van der Waals surface area (Å²) in [6.07, 6.45) is 5.88. The van der Waals surface area contributed by atoms with Crippen LogP contribution in [-0.4, -0.2) is 16.7 Å². The standard InChI is InChI=1S/C10H15N3O/c11-6-10(4-1-5-10)9-12-8(13-14-9)7-2-3-7/h7H,1-6,11H2. The summed E-state index contributed by atoms with van der Waals surface area (Å²) < 4.78 is 5.32. The van der Waals surface area contributed by atoms with Crippen LogP contribution < -0.4 is 5.73 Å². The summed E-state index contributed by atoms with van der Waals surface area (Å²) >= 11 is 0. The minimum Gasteiger partial charge on any atom is -0.339 e. The van der Waals surface area contributed by atoms with Crippen molar-refractivity contribution in [1.82, 2.24) is 10.1 Å². The molecule has 0 spiro atoms. The molecule has 4 nitrogen and oxygen atoms in total. The molecule has 1 heterocycles. The summed E-state index contributed by atoms with van der Waals surface area (Å²) in [6, 6.07) is 0. The molecule has 14 heavy (non-hydrogen) atoms. The molecule has 1 aromatic heterocycles. The van der Waals surface area contributed by atoms with E-state index in [0.29, 0.717) is 12.5 Å². The topological polar surface area (TPSA) is 64.9 Å². The van der Waals surface area contributed by atoms with Crippen LogP contribution in [0.3, 0.4) is 0 Å². The molecule has 0 atom stereocenters. The number of hydrogen-bond acceptors (Lipinski definition) is 4. The molecule has 0 aliphatic heterocycles. The second kappa shape index (κ2) is 2.79. The minimum absolute atomic E-state index is 0.0279. The Morgan fingerprint density at radius 2 is 2.21 bits per heavy atom. The van der Waals surface area contributed by atoms with E-state index in [0.717, 1.165) is 24.6 Å². The van der Waals surface area contributed by atoms with Crippen LogP contribution in [0.5, 0.6) is 0 Å². The Morgan fingerprint density at radius 3 is 2.71 bits per heavy atom. The molecule has 2 aliphatic carbocycles. The third kappa shape index (κ3) is 1.10. The van der Waals surface area contributed by atoms with Crippen LogP contribution in [-0.2, 0) is 5.41 Å². The zero-order valence-electron chi connectivity index (χ0n) is 8.20. The van der Waals surface area contributed by atoms with Gasteiger partial charge in [0.25, 0.3) is 0 Å². The highest BCUT2D eigenvalue weighted by Crippen LogP contribution is 2.44. The van der Waals surface area contributed by atoms with Crippen molar-refractivity contribution in [2.45, 2.75) is 43.4 Å².